The van der Waals surface area contributed by atoms with Gasteiger partial charge in [0.2, 0.25) is 0 Å². The molecule has 0 atom stereocenters. The maximum absolute atomic E-state index is 14.2. The Balaban J connectivity index is 1.48. The number of hydrogen-bond acceptors (Lipinski definition) is 4. The fourth-order valence-corrected chi connectivity index (χ4v) is 4.51. The number of nitrogen functional groups attached to an aromatic ring is 1. The molecule has 0 radical (unpaired) electrons. The molecule has 0 bridgehead atoms. The van der Waals surface area contributed by atoms with Crippen LogP contribution in [-0.2, 0) is 9.53 Å². The van der Waals surface area contributed by atoms with Crippen LogP contribution in [0.2, 0.25) is 0 Å². The molecule has 2 N–H and O–H groups in total. The topological polar surface area (TPSA) is 55.6 Å². The number of esters is 1. The smallest absolute Gasteiger partial charge is 0.309 e. The number of nitrogens with two attached hydrogens (primary N) is 1. The maximum atomic E-state index is 14.2. The summed E-state index contributed by atoms with van der Waals surface area (Å²) in [5, 5.41) is 0. The van der Waals surface area contributed by atoms with Crippen LogP contribution in [0.5, 0.6) is 0 Å². The second-order valence-electron chi connectivity index (χ2n) is 9.13. The first kappa shape index (κ1) is 20.1. The van der Waals surface area contributed by atoms with Crippen LogP contribution < -0.4 is 5.73 Å². The van der Waals surface area contributed by atoms with Gasteiger partial charge in [-0.05, 0) is 96.0 Å². The summed E-state index contributed by atoms with van der Waals surface area (Å²) in [5.41, 5.74) is 6.54. The zero-order valence-corrected chi connectivity index (χ0v) is 16.8. The second kappa shape index (κ2) is 8.17. The molecule has 2 fully saturated rings. The van der Waals surface area contributed by atoms with Crippen LogP contribution in [0, 0.1) is 11.7 Å². The van der Waals surface area contributed by atoms with Crippen molar-refractivity contribution in [3.8, 4) is 0 Å². The van der Waals surface area contributed by atoms with E-state index in [0.29, 0.717) is 11.7 Å². The summed E-state index contributed by atoms with van der Waals surface area (Å²) in [4.78, 5) is 14.8. The number of anilines is 1. The van der Waals surface area contributed by atoms with E-state index in [2.05, 4.69) is 4.90 Å². The molecule has 27 heavy (non-hydrogen) atoms. The molecule has 0 aromatic heterocycles. The molecule has 0 spiro atoms. The van der Waals surface area contributed by atoms with Gasteiger partial charge in [0.25, 0.3) is 0 Å². The molecule has 5 heteroatoms. The molecular formula is C22H33FN2O2. The fraction of sp³-hybridized carbons (Fsp3) is 0.682. The minimum Gasteiger partial charge on any atom is -0.460 e. The van der Waals surface area contributed by atoms with Crippen molar-refractivity contribution in [3.05, 3.63) is 29.6 Å². The Hall–Kier alpha value is -1.62. The molecule has 2 aliphatic rings. The van der Waals surface area contributed by atoms with E-state index in [1.807, 2.05) is 26.8 Å². The second-order valence-corrected chi connectivity index (χ2v) is 9.13. The third kappa shape index (κ3) is 5.22. The van der Waals surface area contributed by atoms with Crippen molar-refractivity contribution in [2.75, 3.05) is 18.8 Å². The first-order chi connectivity index (χ1) is 12.7. The van der Waals surface area contributed by atoms with Gasteiger partial charge in [-0.2, -0.15) is 0 Å². The molecule has 150 valence electrons. The number of piperidine rings is 1. The van der Waals surface area contributed by atoms with Crippen LogP contribution in [0.3, 0.4) is 0 Å². The maximum Gasteiger partial charge on any atom is 0.309 e. The van der Waals surface area contributed by atoms with E-state index in [-0.39, 0.29) is 23.6 Å². The Morgan fingerprint density at radius 2 is 1.74 bits per heavy atom. The monoisotopic (exact) mass is 376 g/mol. The lowest BCUT2D eigenvalue weighted by molar-refractivity contribution is -0.161. The highest BCUT2D eigenvalue weighted by atomic mass is 19.1. The van der Waals surface area contributed by atoms with Crippen molar-refractivity contribution < 1.29 is 13.9 Å². The summed E-state index contributed by atoms with van der Waals surface area (Å²) in [6.45, 7) is 7.76. The Morgan fingerprint density at radius 3 is 2.30 bits per heavy atom. The summed E-state index contributed by atoms with van der Waals surface area (Å²) < 4.78 is 19.7. The molecule has 1 aromatic rings. The predicted octanol–water partition coefficient (Wildman–Crippen LogP) is 4.49. The molecule has 1 saturated carbocycles. The average Bonchev–Trinajstić information content (AvgIpc) is 2.61. The fourth-order valence-electron chi connectivity index (χ4n) is 4.51. The van der Waals surface area contributed by atoms with Crippen LogP contribution in [0.15, 0.2) is 18.2 Å². The number of benzene rings is 1. The predicted molar refractivity (Wildman–Crippen MR) is 106 cm³/mol. The van der Waals surface area contributed by atoms with Crippen LogP contribution in [0.4, 0.5) is 10.1 Å². The van der Waals surface area contributed by atoms with E-state index in [1.165, 1.54) is 6.07 Å². The van der Waals surface area contributed by atoms with E-state index in [4.69, 9.17) is 10.5 Å². The summed E-state index contributed by atoms with van der Waals surface area (Å²) >= 11 is 0. The molecule has 0 amide bonds. The lowest BCUT2D eigenvalue weighted by Crippen LogP contribution is -2.44. The summed E-state index contributed by atoms with van der Waals surface area (Å²) in [6, 6.07) is 5.61. The van der Waals surface area contributed by atoms with Crippen molar-refractivity contribution >= 4 is 11.7 Å². The van der Waals surface area contributed by atoms with Crippen molar-refractivity contribution in [2.24, 2.45) is 5.92 Å². The summed E-state index contributed by atoms with van der Waals surface area (Å²) in [5.74, 6) is 0.103. The van der Waals surface area contributed by atoms with Gasteiger partial charge in [0, 0.05) is 11.7 Å². The number of halogens is 1. The molecule has 1 aliphatic heterocycles. The van der Waals surface area contributed by atoms with Gasteiger partial charge >= 0.3 is 5.97 Å². The SMILES string of the molecule is CC(C)(C)OC(=O)C1CCC(N2CCC(c3ccc(N)cc3F)CC2)CC1. The first-order valence-electron chi connectivity index (χ1n) is 10.2. The number of ether oxygens (including phenoxy) is 1. The van der Waals surface area contributed by atoms with E-state index >= 15 is 0 Å². The number of hydrogen-bond donors (Lipinski definition) is 1. The Labute approximate surface area is 162 Å². The van der Waals surface area contributed by atoms with Gasteiger partial charge in [0.1, 0.15) is 11.4 Å². The van der Waals surface area contributed by atoms with Gasteiger partial charge in [-0.1, -0.05) is 6.07 Å². The quantitative estimate of drug-likeness (QED) is 0.624. The van der Waals surface area contributed by atoms with E-state index in [0.717, 1.165) is 57.2 Å². The van der Waals surface area contributed by atoms with Crippen LogP contribution >= 0.6 is 0 Å². The highest BCUT2D eigenvalue weighted by molar-refractivity contribution is 5.73. The van der Waals surface area contributed by atoms with Crippen molar-refractivity contribution in [2.45, 2.75) is 76.9 Å². The van der Waals surface area contributed by atoms with E-state index in [9.17, 15) is 9.18 Å². The lowest BCUT2D eigenvalue weighted by atomic mass is 9.83. The zero-order chi connectivity index (χ0) is 19.6. The van der Waals surface area contributed by atoms with Crippen LogP contribution in [0.1, 0.15) is 70.8 Å². The highest BCUT2D eigenvalue weighted by Gasteiger charge is 2.33. The lowest BCUT2D eigenvalue weighted by Gasteiger charge is -2.40. The number of carbonyl (C=O) groups is 1. The molecule has 0 unspecified atom stereocenters. The van der Waals surface area contributed by atoms with Crippen molar-refractivity contribution in [1.82, 2.24) is 4.90 Å². The normalized spacial score (nSPS) is 25.3. The average molecular weight is 377 g/mol. The van der Waals surface area contributed by atoms with Gasteiger partial charge in [-0.15, -0.1) is 0 Å². The molecule has 1 aliphatic carbocycles. The molecule has 1 aromatic carbocycles. The molecule has 4 nitrogen and oxygen atoms in total. The Kier molecular flexibility index (Phi) is 6.09. The minimum absolute atomic E-state index is 0.0431. The number of nitrogens with zero attached hydrogens (tertiary/aromatic N) is 1. The first-order valence-corrected chi connectivity index (χ1v) is 10.2. The Bertz CT molecular complexity index is 655. The van der Waals surface area contributed by atoms with Crippen LogP contribution in [0.25, 0.3) is 0 Å². The van der Waals surface area contributed by atoms with E-state index in [1.54, 1.807) is 6.07 Å². The van der Waals surface area contributed by atoms with Gasteiger partial charge in [0.15, 0.2) is 0 Å². The van der Waals surface area contributed by atoms with Crippen molar-refractivity contribution in [1.29, 1.82) is 0 Å². The zero-order valence-electron chi connectivity index (χ0n) is 16.8. The number of carbonyl (C=O) groups excluding carboxylic acids is 1. The largest absolute Gasteiger partial charge is 0.460 e. The third-order valence-corrected chi connectivity index (χ3v) is 5.95. The van der Waals surface area contributed by atoms with Crippen molar-refractivity contribution in [3.63, 3.8) is 0 Å². The number of rotatable bonds is 3. The molecule has 1 heterocycles. The van der Waals surface area contributed by atoms with Gasteiger partial charge in [0.05, 0.1) is 5.92 Å². The molecular weight excluding hydrogens is 343 g/mol. The minimum atomic E-state index is -0.410. The van der Waals surface area contributed by atoms with Gasteiger partial charge in [-0.3, -0.25) is 4.79 Å². The van der Waals surface area contributed by atoms with Crippen LogP contribution in [-0.4, -0.2) is 35.6 Å². The molecule has 3 rings (SSSR count). The third-order valence-electron chi connectivity index (χ3n) is 5.95. The van der Waals surface area contributed by atoms with E-state index < -0.39 is 5.60 Å². The summed E-state index contributed by atoms with van der Waals surface area (Å²) in [7, 11) is 0. The number of likely N-dealkylation sites (tertiary alicyclic amines) is 1. The summed E-state index contributed by atoms with van der Waals surface area (Å²) in [6.07, 6.45) is 5.87. The molecule has 1 saturated heterocycles. The Morgan fingerprint density at radius 1 is 1.11 bits per heavy atom. The van der Waals surface area contributed by atoms with Gasteiger partial charge < -0.3 is 15.4 Å². The standard InChI is InChI=1S/C22H33FN2O2/c1-22(2,3)27-21(26)16-4-7-18(8-5-16)25-12-10-15(11-13-25)19-9-6-17(24)14-20(19)23/h6,9,14-16,18H,4-5,7-8,10-13,24H2,1-3H3. The van der Waals surface area contributed by atoms with Gasteiger partial charge in [-0.25, -0.2) is 4.39 Å². The highest BCUT2D eigenvalue weighted by Crippen LogP contribution is 2.35.